The molecular weight excluding hydrogens is 516 g/mol. The molecule has 186 valence electrons. The first-order chi connectivity index (χ1) is 17.0. The molecule has 1 aliphatic heterocycles. The number of halogens is 1. The molecule has 6 nitrogen and oxygen atoms in total. The summed E-state index contributed by atoms with van der Waals surface area (Å²) in [7, 11) is 0. The highest BCUT2D eigenvalue weighted by molar-refractivity contribution is 8.18. The van der Waals surface area contributed by atoms with Crippen LogP contribution in [-0.4, -0.2) is 30.2 Å². The number of allylic oxidation sites excluding steroid dienone is 1. The zero-order valence-corrected chi connectivity index (χ0v) is 22.1. The molecule has 0 spiro atoms. The van der Waals surface area contributed by atoms with Gasteiger partial charge in [-0.25, -0.2) is 15.0 Å². The van der Waals surface area contributed by atoms with Crippen LogP contribution in [0.25, 0.3) is 22.8 Å². The summed E-state index contributed by atoms with van der Waals surface area (Å²) in [6, 6.07) is 19.1. The number of carbonyl (C=O) groups is 2. The molecule has 3 aromatic rings. The van der Waals surface area contributed by atoms with Crippen molar-refractivity contribution in [3.8, 4) is 11.1 Å². The lowest BCUT2D eigenvalue weighted by atomic mass is 9.97. The molecule has 0 saturated heterocycles. The molecule has 0 atom stereocenters. The first-order valence-corrected chi connectivity index (χ1v) is 12.7. The standard InChI is InChI=1S/C27H24N2O4S2.ClH/c1-3-32-26(30)22-20(16-11-7-5-8-12-16)18(34-24(22)28)15-19-21(17-13-9-6-10-14-17)23(25(29)35-19)27(31)33-4-2;/h5-15,28H,3-4,29H2,1-2H3;1H/b18-15+,28-24?;. The molecule has 2 aromatic carbocycles. The van der Waals surface area contributed by atoms with E-state index in [1.165, 1.54) is 23.1 Å². The number of thiophene rings is 1. The highest BCUT2D eigenvalue weighted by atomic mass is 35.5. The van der Waals surface area contributed by atoms with E-state index in [2.05, 4.69) is 0 Å². The average Bonchev–Trinajstić information content (AvgIpc) is 3.36. The minimum atomic E-state index is -0.471. The Kier molecular flexibility index (Phi) is 9.14. The van der Waals surface area contributed by atoms with E-state index in [1.807, 2.05) is 66.7 Å². The number of nitrogens with two attached hydrogens (primary N) is 2. The molecule has 1 aliphatic rings. The van der Waals surface area contributed by atoms with Gasteiger partial charge in [0.25, 0.3) is 5.04 Å². The van der Waals surface area contributed by atoms with Crippen molar-refractivity contribution in [2.75, 3.05) is 18.9 Å². The molecule has 0 saturated carbocycles. The smallest absolute Gasteiger partial charge is 0.346 e. The Labute approximate surface area is 224 Å². The predicted octanol–water partition coefficient (Wildman–Crippen LogP) is 1.44. The number of benzene rings is 2. The van der Waals surface area contributed by atoms with E-state index in [9.17, 15) is 9.59 Å². The second-order valence-electron chi connectivity index (χ2n) is 7.48. The van der Waals surface area contributed by atoms with E-state index in [-0.39, 0.29) is 25.6 Å². The lowest BCUT2D eigenvalue weighted by molar-refractivity contribution is -0.139. The fraction of sp³-hybridized carbons (Fsp3) is 0.148. The van der Waals surface area contributed by atoms with E-state index < -0.39 is 11.9 Å². The zero-order valence-electron chi connectivity index (χ0n) is 19.7. The molecular formula is C27H25ClN2O4S2. The van der Waals surface area contributed by atoms with Crippen LogP contribution in [-0.2, 0) is 14.3 Å². The summed E-state index contributed by atoms with van der Waals surface area (Å²) in [5.41, 5.74) is 10.1. The molecule has 0 radical (unpaired) electrons. The average molecular weight is 541 g/mol. The highest BCUT2D eigenvalue weighted by Crippen LogP contribution is 2.47. The summed E-state index contributed by atoms with van der Waals surface area (Å²) in [6.45, 7) is 3.99. The monoisotopic (exact) mass is 540 g/mol. The van der Waals surface area contributed by atoms with Gasteiger partial charge in [-0.15, -0.1) is 11.3 Å². The number of thioether (sulfide) groups is 1. The number of hydrogen-bond acceptors (Lipinski definition) is 7. The van der Waals surface area contributed by atoms with Gasteiger partial charge in [-0.2, -0.15) is 0 Å². The van der Waals surface area contributed by atoms with Crippen molar-refractivity contribution in [2.45, 2.75) is 13.8 Å². The van der Waals surface area contributed by atoms with Crippen molar-refractivity contribution in [1.82, 2.24) is 0 Å². The van der Waals surface area contributed by atoms with Crippen LogP contribution in [0.2, 0.25) is 0 Å². The maximum Gasteiger partial charge on any atom is 0.346 e. The molecule has 0 fully saturated rings. The number of esters is 2. The van der Waals surface area contributed by atoms with Crippen molar-refractivity contribution in [1.29, 1.82) is 0 Å². The Morgan fingerprint density at radius 3 is 2.06 bits per heavy atom. The van der Waals surface area contributed by atoms with Gasteiger partial charge >= 0.3 is 11.9 Å². The van der Waals surface area contributed by atoms with E-state index in [0.29, 0.717) is 32.3 Å². The number of hydrogen-bond donors (Lipinski definition) is 2. The van der Waals surface area contributed by atoms with Gasteiger partial charge in [0.1, 0.15) is 16.1 Å². The predicted molar refractivity (Wildman–Crippen MR) is 143 cm³/mol. The van der Waals surface area contributed by atoms with Crippen LogP contribution in [0.4, 0.5) is 5.00 Å². The molecule has 36 heavy (non-hydrogen) atoms. The second kappa shape index (κ2) is 12.1. The van der Waals surface area contributed by atoms with Gasteiger partial charge < -0.3 is 27.6 Å². The fourth-order valence-electron chi connectivity index (χ4n) is 3.85. The molecule has 2 heterocycles. The maximum absolute atomic E-state index is 12.8. The Hall–Kier alpha value is -3.33. The Balaban J connectivity index is 0.00000361. The topological polar surface area (TPSA) is 104 Å². The zero-order chi connectivity index (χ0) is 24.9. The molecule has 4 rings (SSSR count). The van der Waals surface area contributed by atoms with Gasteiger partial charge in [0.05, 0.1) is 13.2 Å². The number of anilines is 1. The maximum atomic E-state index is 12.8. The van der Waals surface area contributed by atoms with Crippen LogP contribution in [0.1, 0.15) is 34.6 Å². The van der Waals surface area contributed by atoms with Crippen molar-refractivity contribution in [3.63, 3.8) is 0 Å². The summed E-state index contributed by atoms with van der Waals surface area (Å²) in [4.78, 5) is 27.2. The summed E-state index contributed by atoms with van der Waals surface area (Å²) >= 11 is 2.59. The summed E-state index contributed by atoms with van der Waals surface area (Å²) in [5.74, 6) is -0.943. The summed E-state index contributed by atoms with van der Waals surface area (Å²) in [6.07, 6.45) is 1.93. The van der Waals surface area contributed by atoms with E-state index in [0.717, 1.165) is 20.9 Å². The quantitative estimate of drug-likeness (QED) is 0.440. The lowest BCUT2D eigenvalue weighted by Gasteiger charge is -2.09. The van der Waals surface area contributed by atoms with Crippen LogP contribution in [0, 0.1) is 0 Å². The second-order valence-corrected chi connectivity index (χ2v) is 9.65. The lowest BCUT2D eigenvalue weighted by Crippen LogP contribution is -3.00. The van der Waals surface area contributed by atoms with Gasteiger partial charge in [-0.05, 0) is 42.8 Å². The number of rotatable bonds is 7. The van der Waals surface area contributed by atoms with Crippen LogP contribution in [0.3, 0.4) is 0 Å². The van der Waals surface area contributed by atoms with Crippen LogP contribution in [0.15, 0.2) is 71.1 Å². The molecule has 0 bridgehead atoms. The largest absolute Gasteiger partial charge is 1.00 e. The Bertz CT molecular complexity index is 1350. The number of nitrogen functional groups attached to an aromatic ring is 1. The highest BCUT2D eigenvalue weighted by Gasteiger charge is 2.37. The fourth-order valence-corrected chi connectivity index (χ4v) is 5.97. The van der Waals surface area contributed by atoms with Crippen molar-refractivity contribution >= 4 is 56.7 Å². The van der Waals surface area contributed by atoms with Crippen molar-refractivity contribution < 1.29 is 36.9 Å². The van der Waals surface area contributed by atoms with Crippen LogP contribution < -0.4 is 23.5 Å². The van der Waals surface area contributed by atoms with E-state index in [4.69, 9.17) is 20.6 Å². The first kappa shape index (κ1) is 27.3. The normalized spacial score (nSPS) is 14.1. The first-order valence-electron chi connectivity index (χ1n) is 11.1. The van der Waals surface area contributed by atoms with Crippen LogP contribution in [0.5, 0.6) is 0 Å². The number of ether oxygens (including phenoxy) is 2. The summed E-state index contributed by atoms with van der Waals surface area (Å²) < 4.78 is 10.6. The molecule has 9 heteroatoms. The van der Waals surface area contributed by atoms with E-state index in [1.54, 1.807) is 13.8 Å². The van der Waals surface area contributed by atoms with Crippen molar-refractivity contribution in [2.24, 2.45) is 0 Å². The third kappa shape index (κ3) is 5.41. The molecule has 0 unspecified atom stereocenters. The van der Waals surface area contributed by atoms with Gasteiger partial charge in [-0.1, -0.05) is 60.7 Å². The van der Waals surface area contributed by atoms with Crippen LogP contribution >= 0.6 is 23.1 Å². The molecule has 4 N–H and O–H groups in total. The minimum absolute atomic E-state index is 0. The Morgan fingerprint density at radius 2 is 1.47 bits per heavy atom. The van der Waals surface area contributed by atoms with Crippen molar-refractivity contribution in [3.05, 3.63) is 87.1 Å². The molecule has 0 amide bonds. The SMILES string of the molecule is CCOC(=O)C1=C(c2ccccc2)/C(=C\c2sc(N)c(C(=O)OCC)c2-c2ccccc2)SC1=[NH2+].[Cl-]. The minimum Gasteiger partial charge on any atom is -1.00 e. The van der Waals surface area contributed by atoms with Gasteiger partial charge in [0.2, 0.25) is 0 Å². The third-order valence-corrected chi connectivity index (χ3v) is 7.20. The van der Waals surface area contributed by atoms with Gasteiger partial charge in [0, 0.05) is 20.9 Å². The van der Waals surface area contributed by atoms with Gasteiger partial charge in [-0.3, -0.25) is 0 Å². The van der Waals surface area contributed by atoms with Gasteiger partial charge in [0.15, 0.2) is 0 Å². The molecule has 1 aromatic heterocycles. The third-order valence-electron chi connectivity index (χ3n) is 5.27. The molecule has 0 aliphatic carbocycles. The summed E-state index contributed by atoms with van der Waals surface area (Å²) in [5, 5.41) is 7.07. The van der Waals surface area contributed by atoms with E-state index >= 15 is 0 Å². The Morgan fingerprint density at radius 1 is 0.917 bits per heavy atom. The number of carbonyl (C=O) groups excluding carboxylic acids is 2.